The number of carbonyl (C=O) groups is 1. The van der Waals surface area contributed by atoms with E-state index in [2.05, 4.69) is 31.0 Å². The monoisotopic (exact) mass is 240 g/mol. The molecule has 1 amide bonds. The maximum absolute atomic E-state index is 11.8. The van der Waals surface area contributed by atoms with E-state index in [0.717, 1.165) is 32.6 Å². The summed E-state index contributed by atoms with van der Waals surface area (Å²) in [6.45, 7) is 10.6. The number of hydrogen-bond donors (Lipinski definition) is 1. The largest absolute Gasteiger partial charge is 0.342 e. The first-order chi connectivity index (χ1) is 8.17. The van der Waals surface area contributed by atoms with Crippen LogP contribution in [0.4, 0.5) is 0 Å². The smallest absolute Gasteiger partial charge is 0.222 e. The van der Waals surface area contributed by atoms with Gasteiger partial charge in [-0.15, -0.1) is 0 Å². The van der Waals surface area contributed by atoms with E-state index < -0.39 is 0 Å². The molecule has 1 fully saturated rings. The predicted octanol–water partition coefficient (Wildman–Crippen LogP) is 2.27. The molecular weight excluding hydrogens is 212 g/mol. The second-order valence-electron chi connectivity index (χ2n) is 5.47. The molecule has 2 atom stereocenters. The first kappa shape index (κ1) is 14.5. The van der Waals surface area contributed by atoms with E-state index >= 15 is 0 Å². The summed E-state index contributed by atoms with van der Waals surface area (Å²) in [6, 6.07) is 0. The average molecular weight is 240 g/mol. The van der Waals surface area contributed by atoms with Crippen molar-refractivity contribution in [2.24, 2.45) is 11.8 Å². The lowest BCUT2D eigenvalue weighted by Crippen LogP contribution is -2.34. The molecule has 1 heterocycles. The van der Waals surface area contributed by atoms with Gasteiger partial charge < -0.3 is 10.2 Å². The number of hydrogen-bond acceptors (Lipinski definition) is 2. The molecule has 100 valence electrons. The van der Waals surface area contributed by atoms with E-state index in [1.807, 2.05) is 0 Å². The number of nitrogens with one attached hydrogen (secondary N) is 1. The molecule has 0 bridgehead atoms. The molecule has 1 saturated heterocycles. The number of likely N-dealkylation sites (tertiary alicyclic amines) is 1. The molecule has 2 unspecified atom stereocenters. The quantitative estimate of drug-likeness (QED) is 0.660. The van der Waals surface area contributed by atoms with Crippen LogP contribution in [-0.4, -0.2) is 37.0 Å². The van der Waals surface area contributed by atoms with Gasteiger partial charge in [0.15, 0.2) is 0 Å². The number of carbonyl (C=O) groups excluding carboxylic acids is 1. The van der Waals surface area contributed by atoms with Crippen LogP contribution in [0.3, 0.4) is 0 Å². The Morgan fingerprint density at radius 2 is 2.18 bits per heavy atom. The van der Waals surface area contributed by atoms with Crippen molar-refractivity contribution < 1.29 is 4.79 Å². The SMILES string of the molecule is CCCNCC(C)CN1CC(CCC)CC1=O. The standard InChI is InChI=1S/C14H28N2O/c1-4-6-13-8-14(17)16(11-13)10-12(3)9-15-7-5-2/h12-13,15H,4-11H2,1-3H3. The lowest BCUT2D eigenvalue weighted by Gasteiger charge is -2.21. The van der Waals surface area contributed by atoms with Gasteiger partial charge in [-0.3, -0.25) is 4.79 Å². The summed E-state index contributed by atoms with van der Waals surface area (Å²) >= 11 is 0. The number of amides is 1. The first-order valence-corrected chi connectivity index (χ1v) is 7.15. The fraction of sp³-hybridized carbons (Fsp3) is 0.929. The van der Waals surface area contributed by atoms with E-state index in [0.29, 0.717) is 17.7 Å². The first-order valence-electron chi connectivity index (χ1n) is 7.15. The highest BCUT2D eigenvalue weighted by Crippen LogP contribution is 2.22. The van der Waals surface area contributed by atoms with Crippen LogP contribution in [-0.2, 0) is 4.79 Å². The van der Waals surface area contributed by atoms with Gasteiger partial charge in [-0.05, 0) is 37.8 Å². The van der Waals surface area contributed by atoms with Crippen molar-refractivity contribution in [1.29, 1.82) is 0 Å². The Morgan fingerprint density at radius 1 is 1.41 bits per heavy atom. The molecule has 1 rings (SSSR count). The van der Waals surface area contributed by atoms with Crippen LogP contribution in [0.5, 0.6) is 0 Å². The molecule has 1 N–H and O–H groups in total. The highest BCUT2D eigenvalue weighted by atomic mass is 16.2. The highest BCUT2D eigenvalue weighted by molar-refractivity contribution is 5.78. The summed E-state index contributed by atoms with van der Waals surface area (Å²) in [5.74, 6) is 1.54. The Kier molecular flexibility index (Phi) is 6.56. The third-order valence-corrected chi connectivity index (χ3v) is 3.44. The molecule has 0 aromatic rings. The van der Waals surface area contributed by atoms with E-state index in [1.165, 1.54) is 19.3 Å². The second-order valence-corrected chi connectivity index (χ2v) is 5.47. The Bertz CT molecular complexity index is 230. The van der Waals surface area contributed by atoms with Gasteiger partial charge in [0.25, 0.3) is 0 Å². The Balaban J connectivity index is 2.24. The molecule has 0 aliphatic carbocycles. The molecule has 1 aliphatic rings. The summed E-state index contributed by atoms with van der Waals surface area (Å²) in [6.07, 6.45) is 4.35. The van der Waals surface area contributed by atoms with E-state index in [9.17, 15) is 4.79 Å². The summed E-state index contributed by atoms with van der Waals surface area (Å²) in [7, 11) is 0. The highest BCUT2D eigenvalue weighted by Gasteiger charge is 2.29. The molecule has 3 nitrogen and oxygen atoms in total. The van der Waals surface area contributed by atoms with Gasteiger partial charge in [0.1, 0.15) is 0 Å². The number of rotatable bonds is 8. The van der Waals surface area contributed by atoms with Gasteiger partial charge in [0, 0.05) is 19.5 Å². The van der Waals surface area contributed by atoms with Crippen LogP contribution in [0.1, 0.15) is 46.5 Å². The van der Waals surface area contributed by atoms with E-state index in [1.54, 1.807) is 0 Å². The molecule has 0 saturated carbocycles. The Hall–Kier alpha value is -0.570. The van der Waals surface area contributed by atoms with Gasteiger partial charge in [0.2, 0.25) is 5.91 Å². The van der Waals surface area contributed by atoms with Crippen molar-refractivity contribution in [2.75, 3.05) is 26.2 Å². The molecule has 3 heteroatoms. The third-order valence-electron chi connectivity index (χ3n) is 3.44. The summed E-state index contributed by atoms with van der Waals surface area (Å²) in [4.78, 5) is 13.9. The van der Waals surface area contributed by atoms with Gasteiger partial charge in [-0.1, -0.05) is 27.2 Å². The molecule has 0 spiro atoms. The fourth-order valence-electron chi connectivity index (χ4n) is 2.60. The van der Waals surface area contributed by atoms with Gasteiger partial charge >= 0.3 is 0 Å². The van der Waals surface area contributed by atoms with Crippen LogP contribution in [0, 0.1) is 11.8 Å². The van der Waals surface area contributed by atoms with Crippen molar-refractivity contribution in [3.05, 3.63) is 0 Å². The molecule has 0 radical (unpaired) electrons. The lowest BCUT2D eigenvalue weighted by molar-refractivity contribution is -0.128. The number of nitrogens with zero attached hydrogens (tertiary/aromatic N) is 1. The second kappa shape index (κ2) is 7.70. The topological polar surface area (TPSA) is 32.3 Å². The zero-order valence-corrected chi connectivity index (χ0v) is 11.7. The summed E-state index contributed by atoms with van der Waals surface area (Å²) < 4.78 is 0. The Morgan fingerprint density at radius 3 is 2.82 bits per heavy atom. The van der Waals surface area contributed by atoms with E-state index in [-0.39, 0.29) is 0 Å². The molecule has 0 aromatic heterocycles. The fourth-order valence-corrected chi connectivity index (χ4v) is 2.60. The zero-order valence-electron chi connectivity index (χ0n) is 11.7. The minimum Gasteiger partial charge on any atom is -0.342 e. The van der Waals surface area contributed by atoms with Crippen LogP contribution in [0.25, 0.3) is 0 Å². The summed E-state index contributed by atoms with van der Waals surface area (Å²) in [5.41, 5.74) is 0. The van der Waals surface area contributed by atoms with Gasteiger partial charge in [-0.25, -0.2) is 0 Å². The Labute approximate surface area is 106 Å². The van der Waals surface area contributed by atoms with Crippen LogP contribution >= 0.6 is 0 Å². The van der Waals surface area contributed by atoms with Crippen molar-refractivity contribution in [3.63, 3.8) is 0 Å². The van der Waals surface area contributed by atoms with Crippen molar-refractivity contribution in [3.8, 4) is 0 Å². The van der Waals surface area contributed by atoms with Gasteiger partial charge in [0.05, 0.1) is 0 Å². The van der Waals surface area contributed by atoms with Crippen LogP contribution in [0.15, 0.2) is 0 Å². The van der Waals surface area contributed by atoms with Crippen molar-refractivity contribution in [2.45, 2.75) is 46.5 Å². The maximum Gasteiger partial charge on any atom is 0.222 e. The summed E-state index contributed by atoms with van der Waals surface area (Å²) in [5, 5.41) is 3.42. The maximum atomic E-state index is 11.8. The molecule has 0 aromatic carbocycles. The van der Waals surface area contributed by atoms with Crippen LogP contribution in [0.2, 0.25) is 0 Å². The van der Waals surface area contributed by atoms with Crippen molar-refractivity contribution in [1.82, 2.24) is 10.2 Å². The predicted molar refractivity (Wildman–Crippen MR) is 71.9 cm³/mol. The molecular formula is C14H28N2O. The lowest BCUT2D eigenvalue weighted by atomic mass is 10.0. The third kappa shape index (κ3) is 5.07. The average Bonchev–Trinajstić information content (AvgIpc) is 2.60. The minimum atomic E-state index is 0.366. The van der Waals surface area contributed by atoms with Crippen LogP contribution < -0.4 is 5.32 Å². The van der Waals surface area contributed by atoms with E-state index in [4.69, 9.17) is 0 Å². The van der Waals surface area contributed by atoms with Gasteiger partial charge in [-0.2, -0.15) is 0 Å². The molecule has 1 aliphatic heterocycles. The normalized spacial score (nSPS) is 22.2. The zero-order chi connectivity index (χ0) is 12.7. The van der Waals surface area contributed by atoms with Crippen molar-refractivity contribution >= 4 is 5.91 Å². The molecule has 17 heavy (non-hydrogen) atoms. The minimum absolute atomic E-state index is 0.366.